The summed E-state index contributed by atoms with van der Waals surface area (Å²) >= 11 is 3.36. The number of halogens is 1. The summed E-state index contributed by atoms with van der Waals surface area (Å²) in [6.45, 7) is 5.64. The molecule has 23 heavy (non-hydrogen) atoms. The number of ether oxygens (including phenoxy) is 1. The van der Waals surface area contributed by atoms with Crippen LogP contribution in [0, 0.1) is 0 Å². The van der Waals surface area contributed by atoms with Crippen LogP contribution in [0.3, 0.4) is 0 Å². The van der Waals surface area contributed by atoms with Crippen LogP contribution >= 0.6 is 15.9 Å². The van der Waals surface area contributed by atoms with Gasteiger partial charge in [-0.2, -0.15) is 0 Å². The lowest BCUT2D eigenvalue weighted by atomic mass is 9.88. The standard InChI is InChI=1S/C17H22BrNO4/c1-16(2,3)23-15(22)19-10-4-9-17(19,14(20)21)11-12-5-7-13(18)8-6-12/h5-8H,4,9-11H2,1-3H3,(H,20,21)/p-1/t17-/m1/s1. The number of rotatable bonds is 3. The molecule has 0 aromatic heterocycles. The van der Waals surface area contributed by atoms with Crippen molar-refractivity contribution in [2.45, 2.75) is 51.2 Å². The first-order valence-electron chi connectivity index (χ1n) is 7.61. The van der Waals surface area contributed by atoms with Gasteiger partial charge in [-0.05, 0) is 51.3 Å². The van der Waals surface area contributed by atoms with Crippen molar-refractivity contribution < 1.29 is 19.4 Å². The van der Waals surface area contributed by atoms with Gasteiger partial charge in [0.25, 0.3) is 0 Å². The maximum absolute atomic E-state index is 12.4. The van der Waals surface area contributed by atoms with Crippen molar-refractivity contribution in [1.29, 1.82) is 0 Å². The fourth-order valence-corrected chi connectivity index (χ4v) is 3.13. The number of carbonyl (C=O) groups excluding carboxylic acids is 2. The summed E-state index contributed by atoms with van der Waals surface area (Å²) in [6.07, 6.45) is 0.590. The zero-order valence-corrected chi connectivity index (χ0v) is 15.2. The average molecular weight is 383 g/mol. The van der Waals surface area contributed by atoms with E-state index in [0.29, 0.717) is 19.4 Å². The fraction of sp³-hybridized carbons (Fsp3) is 0.529. The zero-order valence-electron chi connectivity index (χ0n) is 13.6. The zero-order chi connectivity index (χ0) is 17.3. The Labute approximate surface area is 144 Å². The van der Waals surface area contributed by atoms with Gasteiger partial charge in [0, 0.05) is 17.4 Å². The Morgan fingerprint density at radius 1 is 1.30 bits per heavy atom. The topological polar surface area (TPSA) is 69.7 Å². The molecule has 1 amide bonds. The molecule has 0 bridgehead atoms. The highest BCUT2D eigenvalue weighted by Gasteiger charge is 2.46. The Morgan fingerprint density at radius 2 is 1.91 bits per heavy atom. The third kappa shape index (κ3) is 4.05. The van der Waals surface area contributed by atoms with E-state index in [9.17, 15) is 14.7 Å². The second kappa shape index (κ2) is 6.51. The molecule has 1 atom stereocenters. The molecular weight excluding hydrogens is 362 g/mol. The summed E-state index contributed by atoms with van der Waals surface area (Å²) in [7, 11) is 0. The van der Waals surface area contributed by atoms with Crippen molar-refractivity contribution in [3.63, 3.8) is 0 Å². The highest BCUT2D eigenvalue weighted by molar-refractivity contribution is 9.10. The van der Waals surface area contributed by atoms with Gasteiger partial charge in [0.15, 0.2) is 0 Å². The lowest BCUT2D eigenvalue weighted by molar-refractivity contribution is -0.317. The molecule has 1 aromatic carbocycles. The molecule has 0 saturated carbocycles. The Kier molecular flexibility index (Phi) is 5.04. The Balaban J connectivity index is 2.29. The van der Waals surface area contributed by atoms with Crippen molar-refractivity contribution in [3.05, 3.63) is 34.3 Å². The molecule has 126 valence electrons. The van der Waals surface area contributed by atoms with Crippen molar-refractivity contribution in [2.75, 3.05) is 6.54 Å². The van der Waals surface area contributed by atoms with Crippen LogP contribution in [0.15, 0.2) is 28.7 Å². The maximum Gasteiger partial charge on any atom is 0.411 e. The minimum Gasteiger partial charge on any atom is -0.548 e. The number of carboxylic acids is 1. The molecule has 6 heteroatoms. The van der Waals surface area contributed by atoms with Crippen LogP contribution in [0.5, 0.6) is 0 Å². The summed E-state index contributed by atoms with van der Waals surface area (Å²) in [5.74, 6) is -1.23. The molecule has 0 radical (unpaired) electrons. The SMILES string of the molecule is CC(C)(C)OC(=O)N1CCC[C@@]1(Cc1ccc(Br)cc1)C(=O)[O-]. The van der Waals surface area contributed by atoms with E-state index in [4.69, 9.17) is 4.74 Å². The third-order valence-electron chi connectivity index (χ3n) is 3.89. The molecule has 0 aliphatic carbocycles. The van der Waals surface area contributed by atoms with Gasteiger partial charge < -0.3 is 14.6 Å². The van der Waals surface area contributed by atoms with Crippen LogP contribution in [0.1, 0.15) is 39.2 Å². The van der Waals surface area contributed by atoms with Crippen LogP contribution in [-0.4, -0.2) is 34.6 Å². The highest BCUT2D eigenvalue weighted by Crippen LogP contribution is 2.34. The number of amides is 1. The Hall–Kier alpha value is -1.56. The number of carbonyl (C=O) groups is 2. The lowest BCUT2D eigenvalue weighted by Gasteiger charge is -2.40. The number of benzene rings is 1. The van der Waals surface area contributed by atoms with E-state index in [1.165, 1.54) is 4.90 Å². The van der Waals surface area contributed by atoms with E-state index in [2.05, 4.69) is 15.9 Å². The van der Waals surface area contributed by atoms with Crippen LogP contribution in [0.4, 0.5) is 4.79 Å². The van der Waals surface area contributed by atoms with E-state index < -0.39 is 23.2 Å². The molecule has 1 aliphatic rings. The van der Waals surface area contributed by atoms with Gasteiger partial charge >= 0.3 is 6.09 Å². The minimum absolute atomic E-state index is 0.210. The van der Waals surface area contributed by atoms with Crippen LogP contribution in [0.25, 0.3) is 0 Å². The first-order valence-corrected chi connectivity index (χ1v) is 8.40. The first-order chi connectivity index (χ1) is 10.6. The second-order valence-electron chi connectivity index (χ2n) is 6.86. The van der Waals surface area contributed by atoms with Gasteiger partial charge in [-0.15, -0.1) is 0 Å². The third-order valence-corrected chi connectivity index (χ3v) is 4.42. The molecule has 1 aromatic rings. The highest BCUT2D eigenvalue weighted by atomic mass is 79.9. The largest absolute Gasteiger partial charge is 0.548 e. The molecule has 0 spiro atoms. The van der Waals surface area contributed by atoms with Gasteiger partial charge in [-0.3, -0.25) is 4.90 Å². The van der Waals surface area contributed by atoms with Crippen molar-refractivity contribution in [2.24, 2.45) is 0 Å². The van der Waals surface area contributed by atoms with E-state index in [0.717, 1.165) is 10.0 Å². The monoisotopic (exact) mass is 382 g/mol. The summed E-state index contributed by atoms with van der Waals surface area (Å²) < 4.78 is 6.29. The second-order valence-corrected chi connectivity index (χ2v) is 7.77. The molecular formula is C17H21BrNO4-. The molecule has 5 nitrogen and oxygen atoms in total. The smallest absolute Gasteiger partial charge is 0.411 e. The number of hydrogen-bond acceptors (Lipinski definition) is 4. The fourth-order valence-electron chi connectivity index (χ4n) is 2.87. The van der Waals surface area contributed by atoms with Gasteiger partial charge in [0.2, 0.25) is 0 Å². The predicted octanol–water partition coefficient (Wildman–Crippen LogP) is 2.51. The van der Waals surface area contributed by atoms with Gasteiger partial charge in [-0.1, -0.05) is 28.1 Å². The summed E-state index contributed by atoms with van der Waals surface area (Å²) in [6, 6.07) is 7.40. The predicted molar refractivity (Wildman–Crippen MR) is 87.8 cm³/mol. The van der Waals surface area contributed by atoms with Crippen molar-refractivity contribution in [1.82, 2.24) is 4.90 Å². The number of nitrogens with zero attached hydrogens (tertiary/aromatic N) is 1. The number of likely N-dealkylation sites (tertiary alicyclic amines) is 1. The van der Waals surface area contributed by atoms with Gasteiger partial charge in [-0.25, -0.2) is 4.79 Å². The van der Waals surface area contributed by atoms with Crippen molar-refractivity contribution >= 4 is 28.0 Å². The lowest BCUT2D eigenvalue weighted by Crippen LogP contribution is -2.60. The molecule has 0 unspecified atom stereocenters. The Morgan fingerprint density at radius 3 is 2.43 bits per heavy atom. The molecule has 1 heterocycles. The van der Waals surface area contributed by atoms with Crippen LogP contribution in [-0.2, 0) is 16.0 Å². The average Bonchev–Trinajstić information content (AvgIpc) is 2.84. The van der Waals surface area contributed by atoms with Crippen LogP contribution in [0.2, 0.25) is 0 Å². The van der Waals surface area contributed by atoms with Gasteiger partial charge in [0.05, 0.1) is 11.5 Å². The summed E-state index contributed by atoms with van der Waals surface area (Å²) in [4.78, 5) is 25.7. The molecule has 2 rings (SSSR count). The summed E-state index contributed by atoms with van der Waals surface area (Å²) in [5.41, 5.74) is -1.18. The molecule has 0 N–H and O–H groups in total. The quantitative estimate of drug-likeness (QED) is 0.804. The minimum atomic E-state index is -1.35. The van der Waals surface area contributed by atoms with E-state index >= 15 is 0 Å². The van der Waals surface area contributed by atoms with Crippen molar-refractivity contribution in [3.8, 4) is 0 Å². The number of aliphatic carboxylic acids is 1. The summed E-state index contributed by atoms with van der Waals surface area (Å²) in [5, 5.41) is 11.9. The number of hydrogen-bond donors (Lipinski definition) is 0. The maximum atomic E-state index is 12.4. The molecule has 1 saturated heterocycles. The number of carboxylic acid groups (broad SMARTS) is 1. The molecule has 1 aliphatic heterocycles. The first kappa shape index (κ1) is 17.8. The van der Waals surface area contributed by atoms with E-state index in [1.54, 1.807) is 20.8 Å². The Bertz CT molecular complexity index is 594. The molecule has 1 fully saturated rings. The van der Waals surface area contributed by atoms with E-state index in [-0.39, 0.29) is 6.42 Å². The van der Waals surface area contributed by atoms with Crippen LogP contribution < -0.4 is 5.11 Å². The van der Waals surface area contributed by atoms with Gasteiger partial charge in [0.1, 0.15) is 5.60 Å². The normalized spacial score (nSPS) is 21.3. The van der Waals surface area contributed by atoms with E-state index in [1.807, 2.05) is 24.3 Å².